The van der Waals surface area contributed by atoms with E-state index in [9.17, 15) is 19.2 Å². The second-order valence-corrected chi connectivity index (χ2v) is 9.74. The van der Waals surface area contributed by atoms with Crippen LogP contribution in [-0.2, 0) is 20.8 Å². The van der Waals surface area contributed by atoms with Gasteiger partial charge < -0.3 is 30.3 Å². The van der Waals surface area contributed by atoms with E-state index in [1.807, 2.05) is 50.3 Å². The highest BCUT2D eigenvalue weighted by Gasteiger charge is 2.21. The van der Waals surface area contributed by atoms with Crippen LogP contribution in [0.5, 0.6) is 5.75 Å². The Kier molecular flexibility index (Phi) is 11.7. The maximum absolute atomic E-state index is 13.4. The molecule has 0 aromatic heterocycles. The number of likely N-dealkylation sites (N-methyl/N-ethyl adjacent to an activating group) is 1. The van der Waals surface area contributed by atoms with Crippen LogP contribution < -0.4 is 25.2 Å². The molecule has 3 aromatic carbocycles. The Morgan fingerprint density at radius 2 is 1.62 bits per heavy atom. The van der Waals surface area contributed by atoms with Crippen LogP contribution in [0.15, 0.2) is 90.5 Å². The molecule has 0 saturated carbocycles. The summed E-state index contributed by atoms with van der Waals surface area (Å²) in [5, 5.41) is 14.2. The van der Waals surface area contributed by atoms with Crippen molar-refractivity contribution in [3.05, 3.63) is 96.1 Å². The zero-order valence-electron chi connectivity index (χ0n) is 24.0. The third-order valence-electron chi connectivity index (χ3n) is 6.17. The van der Waals surface area contributed by atoms with E-state index in [1.54, 1.807) is 55.6 Å². The van der Waals surface area contributed by atoms with Gasteiger partial charge in [-0.15, -0.1) is 0 Å². The van der Waals surface area contributed by atoms with E-state index in [0.717, 1.165) is 11.3 Å². The topological polar surface area (TPSA) is 128 Å². The van der Waals surface area contributed by atoms with E-state index in [1.165, 1.54) is 9.80 Å². The predicted octanol–water partition coefficient (Wildman–Crippen LogP) is 4.87. The number of carbonyl (C=O) groups excluding carboxylic acids is 3. The van der Waals surface area contributed by atoms with E-state index in [0.29, 0.717) is 35.7 Å². The quantitative estimate of drug-likeness (QED) is 0.251. The van der Waals surface area contributed by atoms with Crippen molar-refractivity contribution in [3.63, 3.8) is 0 Å². The number of benzene rings is 3. The van der Waals surface area contributed by atoms with Crippen LogP contribution in [0.2, 0.25) is 0 Å². The van der Waals surface area contributed by atoms with Gasteiger partial charge in [0.05, 0.1) is 18.7 Å². The molecule has 0 radical (unpaired) electrons. The van der Waals surface area contributed by atoms with Gasteiger partial charge in [-0.05, 0) is 62.2 Å². The van der Waals surface area contributed by atoms with Gasteiger partial charge in [0.25, 0.3) is 5.91 Å². The first kappa shape index (κ1) is 31.4. The number of carboxylic acids is 1. The number of urea groups is 1. The summed E-state index contributed by atoms with van der Waals surface area (Å²) in [7, 11) is 1.67. The Morgan fingerprint density at radius 1 is 0.905 bits per heavy atom. The highest BCUT2D eigenvalue weighted by Crippen LogP contribution is 2.29. The number of carboxylic acid groups (broad SMARTS) is 1. The maximum Gasteiger partial charge on any atom is 0.319 e. The highest BCUT2D eigenvalue weighted by molar-refractivity contribution is 5.99. The molecule has 0 bridgehead atoms. The lowest BCUT2D eigenvalue weighted by Gasteiger charge is -2.25. The molecule has 3 aromatic rings. The third kappa shape index (κ3) is 9.81. The zero-order chi connectivity index (χ0) is 30.5. The lowest BCUT2D eigenvalue weighted by Crippen LogP contribution is -2.42. The maximum atomic E-state index is 13.4. The lowest BCUT2D eigenvalue weighted by molar-refractivity contribution is -0.136. The van der Waals surface area contributed by atoms with Crippen molar-refractivity contribution in [2.75, 3.05) is 41.9 Å². The fraction of sp³-hybridized carbons (Fsp3) is 0.250. The average Bonchev–Trinajstić information content (AvgIpc) is 2.97. The molecule has 10 heteroatoms. The smallest absolute Gasteiger partial charge is 0.319 e. The summed E-state index contributed by atoms with van der Waals surface area (Å²) in [6.07, 6.45) is 2.40. The number of nitrogens with zero attached hydrogens (tertiary/aromatic N) is 2. The number of amides is 4. The summed E-state index contributed by atoms with van der Waals surface area (Å²) in [6.45, 7) is 3.72. The summed E-state index contributed by atoms with van der Waals surface area (Å²) in [4.78, 5) is 52.8. The van der Waals surface area contributed by atoms with Crippen molar-refractivity contribution >= 4 is 40.9 Å². The number of carbonyl (C=O) groups is 4. The molecular formula is C32H36N4O6. The largest absolute Gasteiger partial charge is 0.482 e. The monoisotopic (exact) mass is 572 g/mol. The minimum Gasteiger partial charge on any atom is -0.482 e. The summed E-state index contributed by atoms with van der Waals surface area (Å²) in [5.41, 5.74) is 3.25. The van der Waals surface area contributed by atoms with Crippen LogP contribution in [0.4, 0.5) is 21.9 Å². The molecular weight excluding hydrogens is 536 g/mol. The summed E-state index contributed by atoms with van der Waals surface area (Å²) >= 11 is 0. The second kappa shape index (κ2) is 15.6. The van der Waals surface area contributed by atoms with Crippen molar-refractivity contribution in [2.24, 2.45) is 0 Å². The molecule has 42 heavy (non-hydrogen) atoms. The number of rotatable bonds is 13. The number of nitrogens with one attached hydrogen (secondary N) is 2. The fourth-order valence-electron chi connectivity index (χ4n) is 4.06. The van der Waals surface area contributed by atoms with Crippen molar-refractivity contribution in [2.45, 2.75) is 26.7 Å². The van der Waals surface area contributed by atoms with Gasteiger partial charge in [0, 0.05) is 25.0 Å². The van der Waals surface area contributed by atoms with Crippen molar-refractivity contribution < 1.29 is 29.0 Å². The van der Waals surface area contributed by atoms with Crippen LogP contribution in [0.1, 0.15) is 25.8 Å². The van der Waals surface area contributed by atoms with Gasteiger partial charge in [0.1, 0.15) is 5.75 Å². The Bertz CT molecular complexity index is 1420. The zero-order valence-corrected chi connectivity index (χ0v) is 24.0. The fourth-order valence-corrected chi connectivity index (χ4v) is 4.06. The molecule has 3 rings (SSSR count). The molecule has 0 aliphatic rings. The normalized spacial score (nSPS) is 10.3. The van der Waals surface area contributed by atoms with E-state index >= 15 is 0 Å². The van der Waals surface area contributed by atoms with Gasteiger partial charge in [-0.25, -0.2) is 4.79 Å². The molecule has 0 unspecified atom stereocenters. The number of hydrogen-bond donors (Lipinski definition) is 3. The molecule has 0 heterocycles. The average molecular weight is 573 g/mol. The first-order valence-corrected chi connectivity index (χ1v) is 13.5. The molecule has 3 N–H and O–H groups in total. The van der Waals surface area contributed by atoms with Gasteiger partial charge >= 0.3 is 12.0 Å². The van der Waals surface area contributed by atoms with Crippen molar-refractivity contribution in [3.8, 4) is 5.75 Å². The Labute approximate surface area is 245 Å². The van der Waals surface area contributed by atoms with Crippen LogP contribution in [0.25, 0.3) is 0 Å². The summed E-state index contributed by atoms with van der Waals surface area (Å²) < 4.78 is 5.90. The first-order chi connectivity index (χ1) is 20.1. The second-order valence-electron chi connectivity index (χ2n) is 9.74. The molecule has 4 amide bonds. The van der Waals surface area contributed by atoms with Crippen LogP contribution >= 0.6 is 0 Å². The van der Waals surface area contributed by atoms with Gasteiger partial charge in [-0.1, -0.05) is 54.1 Å². The van der Waals surface area contributed by atoms with Crippen molar-refractivity contribution in [1.82, 2.24) is 5.32 Å². The van der Waals surface area contributed by atoms with E-state index in [2.05, 4.69) is 10.6 Å². The molecule has 0 saturated heterocycles. The highest BCUT2D eigenvalue weighted by atomic mass is 16.5. The molecule has 10 nitrogen and oxygen atoms in total. The molecule has 0 aliphatic heterocycles. The predicted molar refractivity (Wildman–Crippen MR) is 163 cm³/mol. The Morgan fingerprint density at radius 3 is 2.33 bits per heavy atom. The number of anilines is 3. The lowest BCUT2D eigenvalue weighted by atomic mass is 10.1. The van der Waals surface area contributed by atoms with Crippen LogP contribution in [0.3, 0.4) is 0 Å². The standard InChI is InChI=1S/C32H36N4O6/c1-23(2)11-10-18-36(29(37)21-33-32(41)34-25-13-9-12-24(19-25)20-31(39)40)27-16-7-8-17-28(27)42-22-30(38)35(3)26-14-5-4-6-15-26/h4-9,11-17,19H,10,18,20-22H2,1-3H3,(H,39,40)(H2,33,34,41). The number of aliphatic carboxylic acids is 1. The molecule has 0 aliphatic carbocycles. The minimum atomic E-state index is -0.979. The number of ether oxygens (including phenoxy) is 1. The van der Waals surface area contributed by atoms with Gasteiger partial charge in [0.2, 0.25) is 5.91 Å². The van der Waals surface area contributed by atoms with Gasteiger partial charge in [0.15, 0.2) is 6.61 Å². The van der Waals surface area contributed by atoms with Gasteiger partial charge in [-0.3, -0.25) is 14.4 Å². The number of hydrogen-bond acceptors (Lipinski definition) is 5. The molecule has 0 spiro atoms. The van der Waals surface area contributed by atoms with Crippen molar-refractivity contribution in [1.29, 1.82) is 0 Å². The van der Waals surface area contributed by atoms with E-state index < -0.39 is 12.0 Å². The van der Waals surface area contributed by atoms with Crippen LogP contribution in [-0.4, -0.2) is 55.7 Å². The minimum absolute atomic E-state index is 0.175. The molecule has 0 atom stereocenters. The molecule has 220 valence electrons. The van der Waals surface area contributed by atoms with Gasteiger partial charge in [-0.2, -0.15) is 0 Å². The van der Waals surface area contributed by atoms with Crippen LogP contribution in [0, 0.1) is 0 Å². The summed E-state index contributed by atoms with van der Waals surface area (Å²) in [6, 6.07) is 22.0. The SMILES string of the molecule is CC(C)=CCCN(C(=O)CNC(=O)Nc1cccc(CC(=O)O)c1)c1ccccc1OCC(=O)N(C)c1ccccc1. The summed E-state index contributed by atoms with van der Waals surface area (Å²) in [5.74, 6) is -1.26. The first-order valence-electron chi connectivity index (χ1n) is 13.5. The number of allylic oxidation sites excluding steroid dienone is 1. The third-order valence-corrected chi connectivity index (χ3v) is 6.17. The van der Waals surface area contributed by atoms with E-state index in [4.69, 9.17) is 9.84 Å². The Balaban J connectivity index is 1.70. The Hall–Kier alpha value is -5.12. The van der Waals surface area contributed by atoms with E-state index in [-0.39, 0.29) is 31.4 Å². The number of para-hydroxylation sites is 3. The molecule has 0 fully saturated rings.